The number of benzene rings is 1. The maximum atomic E-state index is 10.1. The Bertz CT molecular complexity index is 618. The molecule has 5 heteroatoms. The molecule has 204 valence electrons. The number of aliphatic hydroxyl groups is 1. The van der Waals surface area contributed by atoms with E-state index < -0.39 is 8.32 Å². The zero-order valence-electron chi connectivity index (χ0n) is 23.9. The van der Waals surface area contributed by atoms with Crippen molar-refractivity contribution in [3.63, 3.8) is 0 Å². The van der Waals surface area contributed by atoms with Crippen LogP contribution < -0.4 is 5.48 Å². The quantitative estimate of drug-likeness (QED) is 0.0988. The highest BCUT2D eigenvalue weighted by Crippen LogP contribution is 2.38. The van der Waals surface area contributed by atoms with E-state index in [2.05, 4.69) is 46.3 Å². The highest BCUT2D eigenvalue weighted by atomic mass is 28.4. The molecule has 2 N–H and O–H groups in total. The third kappa shape index (κ3) is 14.4. The summed E-state index contributed by atoms with van der Waals surface area (Å²) in [6, 6.07) is 9.84. The predicted molar refractivity (Wildman–Crippen MR) is 154 cm³/mol. The maximum Gasteiger partial charge on any atom is 0.192 e. The Balaban J connectivity index is 2.41. The summed E-state index contributed by atoms with van der Waals surface area (Å²) in [6.07, 6.45) is 17.9. The van der Waals surface area contributed by atoms with E-state index in [1.165, 1.54) is 77.0 Å². The Hall–Kier alpha value is -0.883. The van der Waals surface area contributed by atoms with E-state index in [1.807, 2.05) is 30.3 Å². The van der Waals surface area contributed by atoms with Gasteiger partial charge in [-0.25, -0.2) is 0 Å². The monoisotopic (exact) mass is 507 g/mol. The van der Waals surface area contributed by atoms with E-state index in [9.17, 15) is 5.11 Å². The summed E-state index contributed by atoms with van der Waals surface area (Å²) in [5.41, 5.74) is 3.91. The fourth-order valence-electron chi connectivity index (χ4n) is 4.12. The molecular formula is C30H57NO3Si. The molecule has 2 atom stereocenters. The smallest absolute Gasteiger partial charge is 0.192 e. The Morgan fingerprint density at radius 3 is 1.71 bits per heavy atom. The second-order valence-corrected chi connectivity index (χ2v) is 16.5. The topological polar surface area (TPSA) is 50.7 Å². The van der Waals surface area contributed by atoms with Crippen molar-refractivity contribution in [3.8, 4) is 0 Å². The Morgan fingerprint density at radius 1 is 0.771 bits per heavy atom. The van der Waals surface area contributed by atoms with E-state index in [4.69, 9.17) is 9.26 Å². The largest absolute Gasteiger partial charge is 0.411 e. The second kappa shape index (κ2) is 18.4. The van der Waals surface area contributed by atoms with Gasteiger partial charge in [0.05, 0.1) is 18.4 Å². The molecule has 1 aromatic rings. The van der Waals surface area contributed by atoms with Gasteiger partial charge in [0.15, 0.2) is 8.32 Å². The van der Waals surface area contributed by atoms with Crippen molar-refractivity contribution >= 4 is 14.0 Å². The van der Waals surface area contributed by atoms with Gasteiger partial charge < -0.3 is 9.53 Å². The number of anilines is 1. The molecule has 0 bridgehead atoms. The van der Waals surface area contributed by atoms with Gasteiger partial charge in [0.1, 0.15) is 6.10 Å². The first-order chi connectivity index (χ1) is 16.7. The molecule has 35 heavy (non-hydrogen) atoms. The van der Waals surface area contributed by atoms with Gasteiger partial charge in [-0.2, -0.15) is 0 Å². The number of unbranched alkanes of at least 4 members (excludes halogenated alkanes) is 12. The van der Waals surface area contributed by atoms with Crippen molar-refractivity contribution in [2.24, 2.45) is 0 Å². The van der Waals surface area contributed by atoms with Crippen molar-refractivity contribution in [2.45, 2.75) is 148 Å². The van der Waals surface area contributed by atoms with Crippen molar-refractivity contribution in [1.29, 1.82) is 0 Å². The van der Waals surface area contributed by atoms with Crippen LogP contribution in [0.4, 0.5) is 5.69 Å². The van der Waals surface area contributed by atoms with Gasteiger partial charge in [-0.05, 0) is 36.7 Å². The normalized spacial score (nSPS) is 14.1. The second-order valence-electron chi connectivity index (χ2n) is 11.8. The number of para-hydroxylation sites is 1. The van der Waals surface area contributed by atoms with Gasteiger partial charge in [-0.3, -0.25) is 10.3 Å². The molecule has 0 aliphatic rings. The van der Waals surface area contributed by atoms with E-state index in [-0.39, 0.29) is 23.9 Å². The van der Waals surface area contributed by atoms with Gasteiger partial charge in [0.25, 0.3) is 0 Å². The first kappa shape index (κ1) is 32.1. The summed E-state index contributed by atoms with van der Waals surface area (Å²) in [7, 11) is -1.98. The first-order valence-electron chi connectivity index (χ1n) is 14.5. The molecule has 0 aliphatic heterocycles. The minimum atomic E-state index is -1.98. The fourth-order valence-corrected chi connectivity index (χ4v) is 5.50. The van der Waals surface area contributed by atoms with Crippen LogP contribution in [0.3, 0.4) is 0 Å². The van der Waals surface area contributed by atoms with Crippen molar-refractivity contribution < 1.29 is 14.4 Å². The maximum absolute atomic E-state index is 10.1. The highest BCUT2D eigenvalue weighted by molar-refractivity contribution is 6.74. The average Bonchev–Trinajstić information content (AvgIpc) is 2.82. The lowest BCUT2D eigenvalue weighted by molar-refractivity contribution is -0.0396. The van der Waals surface area contributed by atoms with Crippen LogP contribution in [0.15, 0.2) is 30.3 Å². The van der Waals surface area contributed by atoms with Gasteiger partial charge in [-0.15, -0.1) is 0 Å². The number of rotatable bonds is 21. The molecule has 4 nitrogen and oxygen atoms in total. The molecule has 0 saturated carbocycles. The molecule has 0 spiro atoms. The molecule has 1 rings (SSSR count). The minimum absolute atomic E-state index is 0.0580. The molecule has 0 fully saturated rings. The van der Waals surface area contributed by atoms with Crippen LogP contribution in [-0.2, 0) is 9.26 Å². The van der Waals surface area contributed by atoms with E-state index in [0.29, 0.717) is 0 Å². The molecule has 0 aliphatic carbocycles. The number of aliphatic hydroxyl groups excluding tert-OH is 1. The summed E-state index contributed by atoms with van der Waals surface area (Å²) < 4.78 is 6.76. The standard InChI is InChI=1S/C30H57NO3Si/c1-7-8-9-10-11-12-13-14-15-16-17-18-22-25-28(34-35(5,6)30(2,3)4)29(26-32)33-31-27-23-20-19-21-24-27/h19-21,23-24,28-29,31-32H,7-18,22,25-26H2,1-6H3/t28-,29+/m1/s1. The minimum Gasteiger partial charge on any atom is -0.411 e. The molecule has 0 radical (unpaired) electrons. The molecule has 1 aromatic carbocycles. The highest BCUT2D eigenvalue weighted by Gasteiger charge is 2.41. The van der Waals surface area contributed by atoms with Crippen LogP contribution in [0.1, 0.15) is 118 Å². The Labute approximate surface area is 218 Å². The van der Waals surface area contributed by atoms with Crippen molar-refractivity contribution in [1.82, 2.24) is 0 Å². The van der Waals surface area contributed by atoms with Crippen LogP contribution in [0.25, 0.3) is 0 Å². The molecule has 0 amide bonds. The summed E-state index contributed by atoms with van der Waals surface area (Å²) in [5.74, 6) is 0. The zero-order valence-corrected chi connectivity index (χ0v) is 24.9. The summed E-state index contributed by atoms with van der Waals surface area (Å²) in [4.78, 5) is 5.96. The van der Waals surface area contributed by atoms with E-state index in [0.717, 1.165) is 18.5 Å². The van der Waals surface area contributed by atoms with Gasteiger partial charge in [0, 0.05) is 0 Å². The van der Waals surface area contributed by atoms with Crippen molar-refractivity contribution in [3.05, 3.63) is 30.3 Å². The predicted octanol–water partition coefficient (Wildman–Crippen LogP) is 9.26. The lowest BCUT2D eigenvalue weighted by Crippen LogP contribution is -2.48. The van der Waals surface area contributed by atoms with Crippen LogP contribution >= 0.6 is 0 Å². The molecular weight excluding hydrogens is 450 g/mol. The summed E-state index contributed by atoms with van der Waals surface area (Å²) in [5, 5.41) is 10.3. The Morgan fingerprint density at radius 2 is 1.26 bits per heavy atom. The van der Waals surface area contributed by atoms with Gasteiger partial charge >= 0.3 is 0 Å². The van der Waals surface area contributed by atoms with E-state index >= 15 is 0 Å². The average molecular weight is 508 g/mol. The summed E-state index contributed by atoms with van der Waals surface area (Å²) in [6.45, 7) is 13.6. The number of hydrogen-bond acceptors (Lipinski definition) is 4. The molecule has 0 heterocycles. The van der Waals surface area contributed by atoms with Crippen molar-refractivity contribution in [2.75, 3.05) is 12.1 Å². The van der Waals surface area contributed by atoms with Crippen LogP contribution in [0, 0.1) is 0 Å². The van der Waals surface area contributed by atoms with Gasteiger partial charge in [-0.1, -0.05) is 129 Å². The molecule has 0 aromatic heterocycles. The number of hydrogen-bond donors (Lipinski definition) is 2. The van der Waals surface area contributed by atoms with Crippen LogP contribution in [0.5, 0.6) is 0 Å². The first-order valence-corrected chi connectivity index (χ1v) is 17.4. The Kier molecular flexibility index (Phi) is 16.9. The summed E-state index contributed by atoms with van der Waals surface area (Å²) >= 11 is 0. The third-order valence-corrected chi connectivity index (χ3v) is 12.0. The third-order valence-electron chi connectivity index (χ3n) is 7.54. The fraction of sp³-hybridized carbons (Fsp3) is 0.800. The van der Waals surface area contributed by atoms with Gasteiger partial charge in [0.2, 0.25) is 0 Å². The zero-order chi connectivity index (χ0) is 26.0. The van der Waals surface area contributed by atoms with Crippen LogP contribution in [0.2, 0.25) is 18.1 Å². The van der Waals surface area contributed by atoms with Crippen LogP contribution in [-0.4, -0.2) is 32.2 Å². The number of nitrogens with one attached hydrogen (secondary N) is 1. The lowest BCUT2D eigenvalue weighted by Gasteiger charge is -2.41. The van der Waals surface area contributed by atoms with E-state index in [1.54, 1.807) is 0 Å². The molecule has 0 saturated heterocycles. The SMILES string of the molecule is CCCCCCCCCCCCCCC[C@@H](O[Si](C)(C)C(C)(C)C)[C@H](CO)ONc1ccccc1. The lowest BCUT2D eigenvalue weighted by atomic mass is 10.0. The molecule has 0 unspecified atom stereocenters.